The minimum absolute atomic E-state index is 0.293. The van der Waals surface area contributed by atoms with Gasteiger partial charge in [-0.3, -0.25) is 0 Å². The van der Waals surface area contributed by atoms with Crippen molar-refractivity contribution in [2.75, 3.05) is 11.6 Å². The van der Waals surface area contributed by atoms with Crippen LogP contribution in [0.2, 0.25) is 0 Å². The van der Waals surface area contributed by atoms with Gasteiger partial charge in [0.1, 0.15) is 14.7 Å². The van der Waals surface area contributed by atoms with Gasteiger partial charge in [-0.15, -0.1) is 11.8 Å². The van der Waals surface area contributed by atoms with Crippen LogP contribution in [-0.2, 0) is 4.79 Å². The molecule has 84 valence electrons. The molecule has 9 heteroatoms. The molecule has 1 atom stereocenters. The average Bonchev–Trinajstić information content (AvgIpc) is 2.62. The second kappa shape index (κ2) is 6.14. The SMILES string of the molecule is NC(=S)SSC(=S)N1CSCC1C(=O)O. The monoisotopic (exact) mass is 300 g/mol. The van der Waals surface area contributed by atoms with Crippen molar-refractivity contribution in [2.45, 2.75) is 6.04 Å². The zero-order valence-electron chi connectivity index (χ0n) is 7.41. The van der Waals surface area contributed by atoms with E-state index in [9.17, 15) is 4.79 Å². The smallest absolute Gasteiger partial charge is 0.327 e. The molecule has 0 aromatic carbocycles. The standard InChI is InChI=1S/C6H8N2O2S5/c7-5(11)14-15-6(12)8-2-13-1-3(8)4(9)10/h3H,1-2H2,(H2,7,11)(H,9,10). The highest BCUT2D eigenvalue weighted by Crippen LogP contribution is 2.30. The molecular formula is C6H8N2O2S5. The van der Waals surface area contributed by atoms with E-state index in [1.807, 2.05) is 0 Å². The van der Waals surface area contributed by atoms with E-state index in [1.165, 1.54) is 21.6 Å². The number of carbonyl (C=O) groups is 1. The Morgan fingerprint density at radius 2 is 2.20 bits per heavy atom. The maximum Gasteiger partial charge on any atom is 0.327 e. The average molecular weight is 300 g/mol. The molecule has 3 N–H and O–H groups in total. The number of thioether (sulfide) groups is 1. The van der Waals surface area contributed by atoms with E-state index < -0.39 is 12.0 Å². The molecule has 0 spiro atoms. The van der Waals surface area contributed by atoms with Crippen LogP contribution in [0.25, 0.3) is 0 Å². The van der Waals surface area contributed by atoms with Crippen molar-refractivity contribution >= 4 is 72.4 Å². The molecule has 0 saturated carbocycles. The van der Waals surface area contributed by atoms with Crippen molar-refractivity contribution in [3.05, 3.63) is 0 Å². The van der Waals surface area contributed by atoms with Gasteiger partial charge in [-0.2, -0.15) is 0 Å². The van der Waals surface area contributed by atoms with Crippen LogP contribution in [0.3, 0.4) is 0 Å². The van der Waals surface area contributed by atoms with Crippen LogP contribution in [0.5, 0.6) is 0 Å². The molecule has 0 bridgehead atoms. The fraction of sp³-hybridized carbons (Fsp3) is 0.500. The fourth-order valence-corrected chi connectivity index (χ4v) is 4.26. The number of carboxylic acids is 1. The van der Waals surface area contributed by atoms with Crippen molar-refractivity contribution < 1.29 is 9.90 Å². The van der Waals surface area contributed by atoms with Gasteiger partial charge < -0.3 is 15.7 Å². The van der Waals surface area contributed by atoms with Crippen molar-refractivity contribution in [1.82, 2.24) is 4.90 Å². The number of aliphatic carboxylic acids is 1. The molecule has 0 amide bonds. The topological polar surface area (TPSA) is 66.6 Å². The number of nitrogens with two attached hydrogens (primary N) is 1. The highest BCUT2D eigenvalue weighted by atomic mass is 33.1. The van der Waals surface area contributed by atoms with Gasteiger partial charge >= 0.3 is 5.97 Å². The summed E-state index contributed by atoms with van der Waals surface area (Å²) < 4.78 is 0.811. The lowest BCUT2D eigenvalue weighted by molar-refractivity contribution is -0.140. The summed E-state index contributed by atoms with van der Waals surface area (Å²) in [7, 11) is 2.41. The first-order chi connectivity index (χ1) is 7.02. The summed E-state index contributed by atoms with van der Waals surface area (Å²) in [5.41, 5.74) is 5.31. The number of rotatable bonds is 1. The molecular weight excluding hydrogens is 292 g/mol. The third-order valence-corrected chi connectivity index (χ3v) is 5.86. The van der Waals surface area contributed by atoms with Crippen LogP contribution in [0, 0.1) is 0 Å². The first kappa shape index (κ1) is 13.4. The number of carboxylic acid groups (broad SMARTS) is 1. The Kier molecular flexibility index (Phi) is 5.47. The molecule has 1 aliphatic heterocycles. The first-order valence-corrected chi connectivity index (χ1v) is 7.89. The van der Waals surface area contributed by atoms with E-state index in [2.05, 4.69) is 12.2 Å². The molecule has 1 unspecified atom stereocenters. The van der Waals surface area contributed by atoms with Gasteiger partial charge in [-0.1, -0.05) is 24.4 Å². The molecule has 4 nitrogen and oxygen atoms in total. The normalized spacial score (nSPS) is 20.3. The summed E-state index contributed by atoms with van der Waals surface area (Å²) in [6, 6.07) is -0.526. The van der Waals surface area contributed by atoms with Gasteiger partial charge in [0, 0.05) is 5.75 Å². The van der Waals surface area contributed by atoms with Gasteiger partial charge in [0.25, 0.3) is 0 Å². The van der Waals surface area contributed by atoms with Crippen LogP contribution in [0.15, 0.2) is 0 Å². The van der Waals surface area contributed by atoms with Gasteiger partial charge in [0.2, 0.25) is 0 Å². The van der Waals surface area contributed by atoms with Crippen molar-refractivity contribution in [1.29, 1.82) is 0 Å². The Labute approximate surface area is 110 Å². The van der Waals surface area contributed by atoms with E-state index in [0.717, 1.165) is 0 Å². The van der Waals surface area contributed by atoms with E-state index in [4.69, 9.17) is 23.1 Å². The van der Waals surface area contributed by atoms with E-state index >= 15 is 0 Å². The number of hydrogen-bond acceptors (Lipinski definition) is 6. The van der Waals surface area contributed by atoms with Gasteiger partial charge in [0.15, 0.2) is 0 Å². The Morgan fingerprint density at radius 1 is 1.53 bits per heavy atom. The predicted molar refractivity (Wildman–Crippen MR) is 75.2 cm³/mol. The number of nitrogens with zero attached hydrogens (tertiary/aromatic N) is 1. The van der Waals surface area contributed by atoms with Crippen LogP contribution < -0.4 is 5.73 Å². The second-order valence-corrected chi connectivity index (χ2v) is 7.08. The lowest BCUT2D eigenvalue weighted by Crippen LogP contribution is -2.39. The van der Waals surface area contributed by atoms with Crippen LogP contribution in [0.1, 0.15) is 0 Å². The van der Waals surface area contributed by atoms with Gasteiger partial charge in [0.05, 0.1) is 5.88 Å². The Balaban J connectivity index is 2.51. The summed E-state index contributed by atoms with van der Waals surface area (Å²) in [6.45, 7) is 0. The second-order valence-electron chi connectivity index (χ2n) is 2.58. The zero-order valence-corrected chi connectivity index (χ0v) is 11.5. The summed E-state index contributed by atoms with van der Waals surface area (Å²) >= 11 is 11.3. The maximum atomic E-state index is 10.9. The zero-order chi connectivity index (χ0) is 11.4. The molecule has 0 aliphatic carbocycles. The molecule has 0 aromatic heterocycles. The first-order valence-electron chi connectivity index (χ1n) is 3.77. The molecule has 1 aliphatic rings. The molecule has 15 heavy (non-hydrogen) atoms. The molecule has 1 saturated heterocycles. The van der Waals surface area contributed by atoms with Crippen LogP contribution in [-0.4, -0.2) is 42.3 Å². The quantitative estimate of drug-likeness (QED) is 0.552. The van der Waals surface area contributed by atoms with Crippen LogP contribution in [0.4, 0.5) is 0 Å². The van der Waals surface area contributed by atoms with Crippen molar-refractivity contribution in [3.63, 3.8) is 0 Å². The fourth-order valence-electron chi connectivity index (χ4n) is 0.952. The lowest BCUT2D eigenvalue weighted by Gasteiger charge is -2.21. The largest absolute Gasteiger partial charge is 0.480 e. The van der Waals surface area contributed by atoms with Crippen LogP contribution >= 0.6 is 57.8 Å². The summed E-state index contributed by atoms with van der Waals surface area (Å²) in [5, 5.41) is 8.93. The maximum absolute atomic E-state index is 10.9. The lowest BCUT2D eigenvalue weighted by atomic mass is 10.3. The van der Waals surface area contributed by atoms with E-state index in [1.54, 1.807) is 16.7 Å². The summed E-state index contributed by atoms with van der Waals surface area (Å²) in [4.78, 5) is 12.6. The predicted octanol–water partition coefficient (Wildman–Crippen LogP) is 1.36. The molecule has 1 rings (SSSR count). The Bertz CT molecular complexity index is 297. The van der Waals surface area contributed by atoms with Crippen molar-refractivity contribution in [3.8, 4) is 0 Å². The Morgan fingerprint density at radius 3 is 2.73 bits per heavy atom. The highest BCUT2D eigenvalue weighted by Gasteiger charge is 2.32. The van der Waals surface area contributed by atoms with E-state index in [-0.39, 0.29) is 0 Å². The number of thiocarbonyl (C=S) groups is 2. The Hall–Kier alpha value is 0.300. The summed E-state index contributed by atoms with van der Waals surface area (Å²) in [5.74, 6) is 0.331. The summed E-state index contributed by atoms with van der Waals surface area (Å²) in [6.07, 6.45) is 0. The third-order valence-electron chi connectivity index (χ3n) is 1.60. The van der Waals surface area contributed by atoms with Gasteiger partial charge in [-0.25, -0.2) is 4.79 Å². The van der Waals surface area contributed by atoms with Gasteiger partial charge in [-0.05, 0) is 21.6 Å². The van der Waals surface area contributed by atoms with Crippen molar-refractivity contribution in [2.24, 2.45) is 5.73 Å². The highest BCUT2D eigenvalue weighted by molar-refractivity contribution is 8.89. The minimum Gasteiger partial charge on any atom is -0.480 e. The third kappa shape index (κ3) is 3.99. The minimum atomic E-state index is -0.844. The molecule has 1 heterocycles. The number of hydrogen-bond donors (Lipinski definition) is 2. The van der Waals surface area contributed by atoms with E-state index in [0.29, 0.717) is 20.3 Å². The molecule has 1 fully saturated rings. The molecule has 0 radical (unpaired) electrons. The molecule has 0 aromatic rings.